The molecular formula is C28H28N2O4. The van der Waals surface area contributed by atoms with Gasteiger partial charge in [0, 0.05) is 24.5 Å². The van der Waals surface area contributed by atoms with Crippen LogP contribution < -0.4 is 4.74 Å². The number of aliphatic hydroxyl groups excluding tert-OH is 1. The smallest absolute Gasteiger partial charge is 0.295 e. The first-order valence-electron chi connectivity index (χ1n) is 11.5. The van der Waals surface area contributed by atoms with E-state index in [2.05, 4.69) is 11.9 Å². The first-order valence-corrected chi connectivity index (χ1v) is 11.5. The van der Waals surface area contributed by atoms with Gasteiger partial charge < -0.3 is 14.7 Å². The third-order valence-electron chi connectivity index (χ3n) is 5.95. The minimum absolute atomic E-state index is 0.0860. The fourth-order valence-corrected chi connectivity index (χ4v) is 4.18. The Labute approximate surface area is 199 Å². The lowest BCUT2D eigenvalue weighted by molar-refractivity contribution is -0.140. The number of nitrogens with zero attached hydrogens (tertiary/aromatic N) is 2. The van der Waals surface area contributed by atoms with Gasteiger partial charge in [-0.15, -0.1) is 0 Å². The zero-order valence-electron chi connectivity index (χ0n) is 19.4. The number of carbonyl (C=O) groups is 2. The van der Waals surface area contributed by atoms with Crippen molar-refractivity contribution in [1.82, 2.24) is 9.88 Å². The van der Waals surface area contributed by atoms with E-state index in [1.54, 1.807) is 30.6 Å². The number of ether oxygens (including phenoxy) is 1. The van der Waals surface area contributed by atoms with E-state index in [0.717, 1.165) is 29.5 Å². The minimum Gasteiger partial charge on any atom is -0.507 e. The highest BCUT2D eigenvalue weighted by atomic mass is 16.5. The first-order chi connectivity index (χ1) is 16.5. The van der Waals surface area contributed by atoms with Gasteiger partial charge in [0.05, 0.1) is 18.2 Å². The second-order valence-corrected chi connectivity index (χ2v) is 8.38. The Morgan fingerprint density at radius 1 is 1.09 bits per heavy atom. The molecule has 1 atom stereocenters. The van der Waals surface area contributed by atoms with E-state index >= 15 is 0 Å². The number of hydrogen-bond donors (Lipinski definition) is 1. The van der Waals surface area contributed by atoms with Crippen LogP contribution in [0.25, 0.3) is 5.76 Å². The first kappa shape index (κ1) is 23.2. The van der Waals surface area contributed by atoms with Crippen LogP contribution in [0, 0.1) is 6.92 Å². The van der Waals surface area contributed by atoms with Crippen molar-refractivity contribution < 1.29 is 19.4 Å². The molecule has 6 nitrogen and oxygen atoms in total. The number of unbranched alkanes of at least 4 members (excludes halogenated alkanes) is 1. The van der Waals surface area contributed by atoms with Crippen molar-refractivity contribution >= 4 is 17.4 Å². The Morgan fingerprint density at radius 2 is 1.88 bits per heavy atom. The molecule has 0 bridgehead atoms. The molecule has 1 amide bonds. The van der Waals surface area contributed by atoms with E-state index in [-0.39, 0.29) is 17.9 Å². The average molecular weight is 457 g/mol. The van der Waals surface area contributed by atoms with Gasteiger partial charge >= 0.3 is 0 Å². The molecule has 0 saturated carbocycles. The van der Waals surface area contributed by atoms with E-state index in [9.17, 15) is 14.7 Å². The summed E-state index contributed by atoms with van der Waals surface area (Å²) in [6, 6.07) is 17.6. The fourth-order valence-electron chi connectivity index (χ4n) is 4.18. The van der Waals surface area contributed by atoms with Crippen molar-refractivity contribution in [3.05, 3.63) is 101 Å². The van der Waals surface area contributed by atoms with Gasteiger partial charge in [0.25, 0.3) is 11.7 Å². The van der Waals surface area contributed by atoms with Crippen molar-refractivity contribution in [2.75, 3.05) is 6.61 Å². The zero-order chi connectivity index (χ0) is 24.1. The molecule has 4 rings (SSSR count). The maximum absolute atomic E-state index is 13.2. The second kappa shape index (κ2) is 10.3. The molecule has 6 heteroatoms. The van der Waals surface area contributed by atoms with E-state index in [0.29, 0.717) is 17.9 Å². The van der Waals surface area contributed by atoms with Crippen LogP contribution in [0.1, 0.15) is 48.1 Å². The normalized spacial score (nSPS) is 17.2. The summed E-state index contributed by atoms with van der Waals surface area (Å²) in [7, 11) is 0. The monoisotopic (exact) mass is 456 g/mol. The van der Waals surface area contributed by atoms with Crippen LogP contribution in [-0.2, 0) is 16.1 Å². The molecule has 2 aromatic carbocycles. The highest BCUT2D eigenvalue weighted by Crippen LogP contribution is 2.40. The molecule has 0 aliphatic carbocycles. The lowest BCUT2D eigenvalue weighted by atomic mass is 9.94. The SMILES string of the molecule is CCCCOc1ccc(/C(O)=C2\C(=O)C(=O)N(Cc3cccnc3)[C@@H]2c2ccccc2)c(C)c1. The summed E-state index contributed by atoms with van der Waals surface area (Å²) in [4.78, 5) is 31.9. The van der Waals surface area contributed by atoms with Crippen LogP contribution in [-0.4, -0.2) is 33.3 Å². The Balaban J connectivity index is 1.76. The molecule has 34 heavy (non-hydrogen) atoms. The van der Waals surface area contributed by atoms with Gasteiger partial charge in [-0.25, -0.2) is 0 Å². The summed E-state index contributed by atoms with van der Waals surface area (Å²) in [5.74, 6) is -0.813. The molecule has 2 heterocycles. The highest BCUT2D eigenvalue weighted by Gasteiger charge is 2.46. The minimum atomic E-state index is -0.707. The number of carbonyl (C=O) groups excluding carboxylic acids is 2. The number of aliphatic hydroxyl groups is 1. The average Bonchev–Trinajstić information content (AvgIpc) is 3.10. The maximum Gasteiger partial charge on any atom is 0.295 e. The lowest BCUT2D eigenvalue weighted by Crippen LogP contribution is -2.29. The molecule has 1 aliphatic heterocycles. The Bertz CT molecular complexity index is 1210. The number of pyridine rings is 1. The third-order valence-corrected chi connectivity index (χ3v) is 5.95. The number of rotatable bonds is 8. The number of likely N-dealkylation sites (tertiary alicyclic amines) is 1. The summed E-state index contributed by atoms with van der Waals surface area (Å²) in [6.07, 6.45) is 5.32. The number of benzene rings is 2. The van der Waals surface area contributed by atoms with Gasteiger partial charge in [-0.3, -0.25) is 14.6 Å². The number of aromatic nitrogens is 1. The summed E-state index contributed by atoms with van der Waals surface area (Å²) in [5, 5.41) is 11.3. The van der Waals surface area contributed by atoms with E-state index in [1.807, 2.05) is 49.4 Å². The summed E-state index contributed by atoms with van der Waals surface area (Å²) in [6.45, 7) is 4.78. The highest BCUT2D eigenvalue weighted by molar-refractivity contribution is 6.46. The molecular weight excluding hydrogens is 428 g/mol. The molecule has 1 fully saturated rings. The Hall–Kier alpha value is -3.93. The van der Waals surface area contributed by atoms with Gasteiger partial charge in [0.15, 0.2) is 0 Å². The zero-order valence-corrected chi connectivity index (χ0v) is 19.4. The fraction of sp³-hybridized carbons (Fsp3) is 0.250. The van der Waals surface area contributed by atoms with Crippen molar-refractivity contribution in [2.45, 2.75) is 39.3 Å². The molecule has 1 aromatic heterocycles. The Kier molecular flexibility index (Phi) is 7.07. The predicted molar refractivity (Wildman–Crippen MR) is 130 cm³/mol. The van der Waals surface area contributed by atoms with E-state index < -0.39 is 17.7 Å². The van der Waals surface area contributed by atoms with Crippen molar-refractivity contribution in [3.63, 3.8) is 0 Å². The van der Waals surface area contributed by atoms with Crippen molar-refractivity contribution in [1.29, 1.82) is 0 Å². The second-order valence-electron chi connectivity index (χ2n) is 8.38. The van der Waals surface area contributed by atoms with Crippen LogP contribution >= 0.6 is 0 Å². The number of ketones is 1. The summed E-state index contributed by atoms with van der Waals surface area (Å²) < 4.78 is 5.77. The summed E-state index contributed by atoms with van der Waals surface area (Å²) >= 11 is 0. The van der Waals surface area contributed by atoms with Crippen LogP contribution in [0.3, 0.4) is 0 Å². The van der Waals surface area contributed by atoms with Crippen molar-refractivity contribution in [2.24, 2.45) is 0 Å². The van der Waals surface area contributed by atoms with Gasteiger partial charge in [0.2, 0.25) is 0 Å². The van der Waals surface area contributed by atoms with E-state index in [1.165, 1.54) is 4.90 Å². The van der Waals surface area contributed by atoms with Crippen LogP contribution in [0.2, 0.25) is 0 Å². The van der Waals surface area contributed by atoms with Gasteiger partial charge in [0.1, 0.15) is 11.5 Å². The molecule has 0 spiro atoms. The molecule has 0 unspecified atom stereocenters. The van der Waals surface area contributed by atoms with Gasteiger partial charge in [-0.2, -0.15) is 0 Å². The van der Waals surface area contributed by atoms with Crippen LogP contribution in [0.4, 0.5) is 0 Å². The Morgan fingerprint density at radius 3 is 2.56 bits per heavy atom. The standard InChI is InChI=1S/C28H28N2O4/c1-3-4-15-34-22-12-13-23(19(2)16-22)26(31)24-25(21-10-6-5-7-11-21)30(28(33)27(24)32)18-20-9-8-14-29-17-20/h5-14,16-17,25,31H,3-4,15,18H2,1-2H3/b26-24+/t25-/m1/s1. The van der Waals surface area contributed by atoms with E-state index in [4.69, 9.17) is 4.74 Å². The molecule has 1 N–H and O–H groups in total. The molecule has 3 aromatic rings. The molecule has 1 saturated heterocycles. The number of amides is 1. The molecule has 0 radical (unpaired) electrons. The maximum atomic E-state index is 13.2. The summed E-state index contributed by atoms with van der Waals surface area (Å²) in [5.41, 5.74) is 2.90. The number of aryl methyl sites for hydroxylation is 1. The largest absolute Gasteiger partial charge is 0.507 e. The number of hydrogen-bond acceptors (Lipinski definition) is 5. The van der Waals surface area contributed by atoms with Gasteiger partial charge in [-0.1, -0.05) is 49.7 Å². The van der Waals surface area contributed by atoms with Crippen LogP contribution in [0.15, 0.2) is 78.6 Å². The third kappa shape index (κ3) is 4.71. The number of Topliss-reactive ketones (excluding diaryl/α,β-unsaturated/α-hetero) is 1. The predicted octanol–water partition coefficient (Wildman–Crippen LogP) is 5.19. The molecule has 174 valence electrons. The topological polar surface area (TPSA) is 79.7 Å². The molecule has 1 aliphatic rings. The van der Waals surface area contributed by atoms with Crippen LogP contribution in [0.5, 0.6) is 5.75 Å². The lowest BCUT2D eigenvalue weighted by Gasteiger charge is -2.25. The quantitative estimate of drug-likeness (QED) is 0.218. The van der Waals surface area contributed by atoms with Crippen molar-refractivity contribution in [3.8, 4) is 5.75 Å². The van der Waals surface area contributed by atoms with Gasteiger partial charge in [-0.05, 0) is 54.3 Å².